The highest BCUT2D eigenvalue weighted by atomic mass is 16.6. The Bertz CT molecular complexity index is 1130. The number of rotatable bonds is 4. The number of para-hydroxylation sites is 1. The molecular weight excluding hydrogens is 358 g/mol. The Morgan fingerprint density at radius 2 is 2.00 bits per heavy atom. The number of aromatic nitrogens is 1. The summed E-state index contributed by atoms with van der Waals surface area (Å²) < 4.78 is 18.0. The summed E-state index contributed by atoms with van der Waals surface area (Å²) in [5, 5.41) is 1.04. The van der Waals surface area contributed by atoms with Gasteiger partial charge in [-0.2, -0.15) is 0 Å². The Hall–Kier alpha value is -3.54. The van der Waals surface area contributed by atoms with E-state index in [9.17, 15) is 9.59 Å². The van der Waals surface area contributed by atoms with Crippen LogP contribution in [-0.2, 0) is 16.6 Å². The van der Waals surface area contributed by atoms with Crippen LogP contribution in [0.2, 0.25) is 0 Å². The maximum atomic E-state index is 12.7. The van der Waals surface area contributed by atoms with Gasteiger partial charge in [-0.15, -0.1) is 0 Å². The first-order valence-electron chi connectivity index (χ1n) is 8.85. The zero-order valence-electron chi connectivity index (χ0n) is 15.8. The first-order chi connectivity index (χ1) is 13.5. The number of ether oxygens (including phenoxy) is 3. The molecule has 0 spiro atoms. The Morgan fingerprint density at radius 1 is 1.21 bits per heavy atom. The standard InChI is InChI=1S/C22H19NO5/c1-13(22(25)26-3)27-15-8-9-17-19(11-15)28-20(21(17)24)10-14-12-23(2)18-7-5-4-6-16(14)18/h4-13H,1-3H3/t13-/m0/s1. The van der Waals surface area contributed by atoms with Crippen LogP contribution in [-0.4, -0.2) is 29.5 Å². The van der Waals surface area contributed by atoms with Gasteiger partial charge in [0.1, 0.15) is 11.5 Å². The summed E-state index contributed by atoms with van der Waals surface area (Å²) in [4.78, 5) is 24.2. The average Bonchev–Trinajstić information content (AvgIpc) is 3.18. The lowest BCUT2D eigenvalue weighted by atomic mass is 10.1. The number of Topliss-reactive ketones (excluding diaryl/α,β-unsaturated/α-hetero) is 1. The maximum absolute atomic E-state index is 12.7. The second-order valence-electron chi connectivity index (χ2n) is 6.59. The van der Waals surface area contributed by atoms with Crippen molar-refractivity contribution >= 4 is 28.7 Å². The molecule has 0 aliphatic carbocycles. The number of nitrogens with zero attached hydrogens (tertiary/aromatic N) is 1. The number of fused-ring (bicyclic) bond motifs is 2. The van der Waals surface area contributed by atoms with Crippen LogP contribution in [0.3, 0.4) is 0 Å². The third-order valence-electron chi connectivity index (χ3n) is 4.70. The molecule has 1 aromatic heterocycles. The van der Waals surface area contributed by atoms with E-state index in [0.717, 1.165) is 16.5 Å². The number of carbonyl (C=O) groups excluding carboxylic acids is 2. The van der Waals surface area contributed by atoms with Crippen molar-refractivity contribution in [2.24, 2.45) is 7.05 Å². The van der Waals surface area contributed by atoms with Crippen molar-refractivity contribution < 1.29 is 23.8 Å². The Balaban J connectivity index is 1.63. The van der Waals surface area contributed by atoms with Crippen LogP contribution in [0, 0.1) is 0 Å². The molecule has 1 aliphatic rings. The molecule has 6 heteroatoms. The zero-order valence-corrected chi connectivity index (χ0v) is 15.8. The maximum Gasteiger partial charge on any atom is 0.346 e. The average molecular weight is 377 g/mol. The number of allylic oxidation sites excluding steroid dienone is 1. The van der Waals surface area contributed by atoms with Crippen LogP contribution >= 0.6 is 0 Å². The van der Waals surface area contributed by atoms with Gasteiger partial charge in [-0.05, 0) is 31.2 Å². The summed E-state index contributed by atoms with van der Waals surface area (Å²) >= 11 is 0. The van der Waals surface area contributed by atoms with Crippen molar-refractivity contribution in [3.05, 3.63) is 65.5 Å². The van der Waals surface area contributed by atoms with E-state index < -0.39 is 12.1 Å². The van der Waals surface area contributed by atoms with Gasteiger partial charge in [-0.3, -0.25) is 4.79 Å². The van der Waals surface area contributed by atoms with E-state index in [-0.39, 0.29) is 11.5 Å². The van der Waals surface area contributed by atoms with Crippen LogP contribution in [0.15, 0.2) is 54.4 Å². The number of hydrogen-bond acceptors (Lipinski definition) is 5. The minimum absolute atomic E-state index is 0.185. The highest BCUT2D eigenvalue weighted by molar-refractivity contribution is 6.15. The summed E-state index contributed by atoms with van der Waals surface area (Å²) in [6.07, 6.45) is 2.96. The quantitative estimate of drug-likeness (QED) is 0.512. The molecule has 0 saturated carbocycles. The largest absolute Gasteiger partial charge is 0.479 e. The summed E-state index contributed by atoms with van der Waals surface area (Å²) in [5.41, 5.74) is 2.44. The molecule has 1 aliphatic heterocycles. The van der Waals surface area contributed by atoms with Gasteiger partial charge in [0.05, 0.1) is 12.7 Å². The van der Waals surface area contributed by atoms with E-state index in [4.69, 9.17) is 9.47 Å². The van der Waals surface area contributed by atoms with Crippen LogP contribution in [0.4, 0.5) is 0 Å². The van der Waals surface area contributed by atoms with Crippen LogP contribution in [0.25, 0.3) is 17.0 Å². The van der Waals surface area contributed by atoms with Crippen LogP contribution in [0.5, 0.6) is 11.5 Å². The molecule has 0 N–H and O–H groups in total. The van der Waals surface area contributed by atoms with Gasteiger partial charge in [0.15, 0.2) is 11.9 Å². The lowest BCUT2D eigenvalue weighted by molar-refractivity contribution is -0.147. The first-order valence-corrected chi connectivity index (χ1v) is 8.85. The highest BCUT2D eigenvalue weighted by Crippen LogP contribution is 2.36. The molecule has 0 unspecified atom stereocenters. The number of methoxy groups -OCH3 is 1. The fraction of sp³-hybridized carbons (Fsp3) is 0.182. The summed E-state index contributed by atoms with van der Waals surface area (Å²) in [6, 6.07) is 12.9. The van der Waals surface area contributed by atoms with E-state index in [2.05, 4.69) is 4.74 Å². The first kappa shape index (κ1) is 17.9. The molecule has 0 bridgehead atoms. The lowest BCUT2D eigenvalue weighted by Gasteiger charge is -2.12. The van der Waals surface area contributed by atoms with Crippen molar-refractivity contribution in [2.45, 2.75) is 13.0 Å². The van der Waals surface area contributed by atoms with Gasteiger partial charge in [0.25, 0.3) is 0 Å². The fourth-order valence-electron chi connectivity index (χ4n) is 3.29. The Kier molecular flexibility index (Phi) is 4.39. The van der Waals surface area contributed by atoms with Crippen LogP contribution in [0.1, 0.15) is 22.8 Å². The molecule has 3 aromatic rings. The van der Waals surface area contributed by atoms with Crippen molar-refractivity contribution in [3.63, 3.8) is 0 Å². The van der Waals surface area contributed by atoms with E-state index >= 15 is 0 Å². The fourth-order valence-corrected chi connectivity index (χ4v) is 3.29. The number of ketones is 1. The van der Waals surface area contributed by atoms with E-state index in [1.807, 2.05) is 42.1 Å². The normalized spacial score (nSPS) is 15.4. The Labute approximate surface area is 161 Å². The van der Waals surface area contributed by atoms with E-state index in [1.54, 1.807) is 31.2 Å². The molecule has 1 atom stereocenters. The van der Waals surface area contributed by atoms with Gasteiger partial charge >= 0.3 is 5.97 Å². The minimum Gasteiger partial charge on any atom is -0.479 e. The summed E-state index contributed by atoms with van der Waals surface area (Å²) in [7, 11) is 3.26. The van der Waals surface area contributed by atoms with E-state index in [1.165, 1.54) is 7.11 Å². The molecule has 28 heavy (non-hydrogen) atoms. The third kappa shape index (κ3) is 3.03. The molecular formula is C22H19NO5. The number of hydrogen-bond donors (Lipinski definition) is 0. The minimum atomic E-state index is -0.758. The lowest BCUT2D eigenvalue weighted by Crippen LogP contribution is -2.24. The number of esters is 1. The Morgan fingerprint density at radius 3 is 2.79 bits per heavy atom. The van der Waals surface area contributed by atoms with Crippen molar-refractivity contribution in [2.75, 3.05) is 7.11 Å². The van der Waals surface area contributed by atoms with E-state index in [0.29, 0.717) is 17.1 Å². The van der Waals surface area contributed by atoms with Crippen LogP contribution < -0.4 is 9.47 Å². The van der Waals surface area contributed by atoms with Gasteiger partial charge in [0.2, 0.25) is 5.78 Å². The van der Waals surface area contributed by atoms with Gasteiger partial charge in [-0.1, -0.05) is 18.2 Å². The highest BCUT2D eigenvalue weighted by Gasteiger charge is 2.28. The van der Waals surface area contributed by atoms with Crippen molar-refractivity contribution in [1.29, 1.82) is 0 Å². The van der Waals surface area contributed by atoms with Crippen molar-refractivity contribution in [1.82, 2.24) is 4.57 Å². The van der Waals surface area contributed by atoms with Crippen molar-refractivity contribution in [3.8, 4) is 11.5 Å². The topological polar surface area (TPSA) is 66.8 Å². The van der Waals surface area contributed by atoms with Gasteiger partial charge in [0, 0.05) is 35.8 Å². The second kappa shape index (κ2) is 6.88. The van der Waals surface area contributed by atoms with Gasteiger partial charge in [-0.25, -0.2) is 4.79 Å². The van der Waals surface area contributed by atoms with Gasteiger partial charge < -0.3 is 18.8 Å². The summed E-state index contributed by atoms with van der Waals surface area (Å²) in [5.74, 6) is 0.427. The molecule has 0 amide bonds. The monoisotopic (exact) mass is 377 g/mol. The zero-order chi connectivity index (χ0) is 19.8. The molecule has 0 radical (unpaired) electrons. The molecule has 4 rings (SSSR count). The molecule has 0 fully saturated rings. The second-order valence-corrected chi connectivity index (χ2v) is 6.59. The number of aryl methyl sites for hydroxylation is 1. The SMILES string of the molecule is COC(=O)[C@H](C)Oc1ccc2c(c1)OC(=Cc1cn(C)c3ccccc13)C2=O. The molecule has 0 saturated heterocycles. The predicted octanol–water partition coefficient (Wildman–Crippen LogP) is 3.73. The number of carbonyl (C=O) groups is 2. The summed E-state index contributed by atoms with van der Waals surface area (Å²) in [6.45, 7) is 1.59. The molecule has 142 valence electrons. The predicted molar refractivity (Wildman–Crippen MR) is 104 cm³/mol. The molecule has 6 nitrogen and oxygen atoms in total. The smallest absolute Gasteiger partial charge is 0.346 e. The third-order valence-corrected chi connectivity index (χ3v) is 4.70. The number of benzene rings is 2. The molecule has 2 aromatic carbocycles. The molecule has 2 heterocycles.